The minimum absolute atomic E-state index is 0.184. The lowest BCUT2D eigenvalue weighted by Gasteiger charge is -2.12. The third-order valence-electron chi connectivity index (χ3n) is 4.33. The van der Waals surface area contributed by atoms with Crippen LogP contribution in [0, 0.1) is 12.7 Å². The van der Waals surface area contributed by atoms with Gasteiger partial charge in [0, 0.05) is 32.5 Å². The van der Waals surface area contributed by atoms with Gasteiger partial charge in [0.2, 0.25) is 0 Å². The molecule has 0 saturated heterocycles. The fourth-order valence-electron chi connectivity index (χ4n) is 2.71. The quantitative estimate of drug-likeness (QED) is 0.521. The molecule has 0 aliphatic heterocycles. The van der Waals surface area contributed by atoms with Crippen LogP contribution in [-0.2, 0) is 13.0 Å². The Hall–Kier alpha value is -3.15. The van der Waals surface area contributed by atoms with E-state index in [1.807, 2.05) is 23.0 Å². The maximum absolute atomic E-state index is 13.6. The Balaban J connectivity index is 1.46. The Labute approximate surface area is 159 Å². The molecule has 0 unspecified atom stereocenters. The van der Waals surface area contributed by atoms with E-state index in [0.717, 1.165) is 24.2 Å². The Morgan fingerprint density at radius 3 is 2.56 bits per heavy atom. The van der Waals surface area contributed by atoms with E-state index in [4.69, 9.17) is 0 Å². The zero-order valence-electron chi connectivity index (χ0n) is 15.6. The first kappa shape index (κ1) is 18.6. The largest absolute Gasteiger partial charge is 0.356 e. The van der Waals surface area contributed by atoms with Gasteiger partial charge in [-0.1, -0.05) is 24.3 Å². The van der Waals surface area contributed by atoms with Gasteiger partial charge < -0.3 is 10.6 Å². The number of benzene rings is 2. The second kappa shape index (κ2) is 8.98. The van der Waals surface area contributed by atoms with Crippen molar-refractivity contribution in [3.8, 4) is 5.69 Å². The molecule has 6 heteroatoms. The van der Waals surface area contributed by atoms with Gasteiger partial charge in [0.15, 0.2) is 5.96 Å². The molecule has 0 bridgehead atoms. The summed E-state index contributed by atoms with van der Waals surface area (Å²) in [6, 6.07) is 15.5. The van der Waals surface area contributed by atoms with E-state index in [1.54, 1.807) is 32.3 Å². The van der Waals surface area contributed by atoms with Crippen LogP contribution in [0.15, 0.2) is 65.9 Å². The van der Waals surface area contributed by atoms with Crippen LogP contribution in [0.5, 0.6) is 0 Å². The van der Waals surface area contributed by atoms with Gasteiger partial charge in [-0.15, -0.1) is 0 Å². The molecule has 0 amide bonds. The zero-order chi connectivity index (χ0) is 19.1. The number of hydrogen-bond acceptors (Lipinski definition) is 2. The molecule has 140 valence electrons. The van der Waals surface area contributed by atoms with Gasteiger partial charge in [-0.25, -0.2) is 9.07 Å². The zero-order valence-corrected chi connectivity index (χ0v) is 15.6. The third-order valence-corrected chi connectivity index (χ3v) is 4.33. The lowest BCUT2D eigenvalue weighted by Crippen LogP contribution is -2.37. The van der Waals surface area contributed by atoms with Crippen molar-refractivity contribution >= 4 is 5.96 Å². The number of halogens is 1. The molecule has 0 saturated carbocycles. The molecule has 1 heterocycles. The number of rotatable bonds is 6. The van der Waals surface area contributed by atoms with E-state index in [2.05, 4.69) is 45.0 Å². The maximum Gasteiger partial charge on any atom is 0.191 e. The first-order chi connectivity index (χ1) is 13.2. The Kier molecular flexibility index (Phi) is 6.20. The van der Waals surface area contributed by atoms with E-state index in [0.29, 0.717) is 18.1 Å². The molecule has 0 aliphatic carbocycles. The Morgan fingerprint density at radius 1 is 1.11 bits per heavy atom. The van der Waals surface area contributed by atoms with Crippen LogP contribution in [0.1, 0.15) is 16.7 Å². The molecule has 3 rings (SSSR count). The van der Waals surface area contributed by atoms with Crippen molar-refractivity contribution < 1.29 is 4.39 Å². The van der Waals surface area contributed by atoms with Crippen molar-refractivity contribution in [1.82, 2.24) is 20.4 Å². The van der Waals surface area contributed by atoms with E-state index in [1.165, 1.54) is 5.56 Å². The molecule has 0 atom stereocenters. The minimum atomic E-state index is -0.184. The molecule has 1 aromatic heterocycles. The molecule has 2 aromatic carbocycles. The molecular formula is C21H24FN5. The minimum Gasteiger partial charge on any atom is -0.356 e. The van der Waals surface area contributed by atoms with Crippen LogP contribution in [0.2, 0.25) is 0 Å². The third kappa shape index (κ3) is 5.17. The Bertz CT molecular complexity index is 885. The lowest BCUT2D eigenvalue weighted by atomic mass is 10.1. The SMILES string of the molecule is CN=C(NCCc1ccc(-n2cccn2)cc1)NCc1ccc(C)c(F)c1. The van der Waals surface area contributed by atoms with Crippen molar-refractivity contribution in [3.05, 3.63) is 83.4 Å². The summed E-state index contributed by atoms with van der Waals surface area (Å²) < 4.78 is 15.5. The fourth-order valence-corrected chi connectivity index (χ4v) is 2.71. The molecule has 5 nitrogen and oxygen atoms in total. The van der Waals surface area contributed by atoms with Gasteiger partial charge >= 0.3 is 0 Å². The number of nitrogens with zero attached hydrogens (tertiary/aromatic N) is 3. The second-order valence-electron chi connectivity index (χ2n) is 6.30. The van der Waals surface area contributed by atoms with Crippen molar-refractivity contribution in [2.24, 2.45) is 4.99 Å². The highest BCUT2D eigenvalue weighted by Gasteiger charge is 2.02. The molecule has 2 N–H and O–H groups in total. The molecule has 0 radical (unpaired) electrons. The highest BCUT2D eigenvalue weighted by atomic mass is 19.1. The fraction of sp³-hybridized carbons (Fsp3) is 0.238. The predicted molar refractivity (Wildman–Crippen MR) is 107 cm³/mol. The van der Waals surface area contributed by atoms with E-state index in [9.17, 15) is 4.39 Å². The lowest BCUT2D eigenvalue weighted by molar-refractivity contribution is 0.615. The van der Waals surface area contributed by atoms with Crippen LogP contribution >= 0.6 is 0 Å². The summed E-state index contributed by atoms with van der Waals surface area (Å²) in [5, 5.41) is 10.7. The predicted octanol–water partition coefficient (Wildman–Crippen LogP) is 3.23. The van der Waals surface area contributed by atoms with E-state index >= 15 is 0 Å². The second-order valence-corrected chi connectivity index (χ2v) is 6.30. The first-order valence-corrected chi connectivity index (χ1v) is 8.94. The molecule has 27 heavy (non-hydrogen) atoms. The van der Waals surface area contributed by atoms with Gasteiger partial charge in [0.1, 0.15) is 5.82 Å². The summed E-state index contributed by atoms with van der Waals surface area (Å²) in [5.74, 6) is 0.514. The standard InChI is InChI=1S/C21H24FN5/c1-16-4-5-18(14-20(16)22)15-25-21(23-2)24-12-10-17-6-8-19(9-7-17)27-13-3-11-26-27/h3-9,11,13-14H,10,12,15H2,1-2H3,(H2,23,24,25). The van der Waals surface area contributed by atoms with Crippen molar-refractivity contribution in [3.63, 3.8) is 0 Å². The number of hydrogen-bond donors (Lipinski definition) is 2. The number of aromatic nitrogens is 2. The summed E-state index contributed by atoms with van der Waals surface area (Å²) in [6.45, 7) is 3.03. The Morgan fingerprint density at radius 2 is 1.89 bits per heavy atom. The van der Waals surface area contributed by atoms with Gasteiger partial charge in [0.25, 0.3) is 0 Å². The average molecular weight is 365 g/mol. The first-order valence-electron chi connectivity index (χ1n) is 8.94. The topological polar surface area (TPSA) is 54.2 Å². The summed E-state index contributed by atoms with van der Waals surface area (Å²) in [6.07, 6.45) is 4.56. The number of nitrogens with one attached hydrogen (secondary N) is 2. The highest BCUT2D eigenvalue weighted by Crippen LogP contribution is 2.10. The molecule has 0 spiro atoms. The van der Waals surface area contributed by atoms with Crippen molar-refractivity contribution in [1.29, 1.82) is 0 Å². The van der Waals surface area contributed by atoms with E-state index < -0.39 is 0 Å². The smallest absolute Gasteiger partial charge is 0.191 e. The molecule has 0 fully saturated rings. The van der Waals surface area contributed by atoms with Crippen molar-refractivity contribution in [2.75, 3.05) is 13.6 Å². The number of guanidine groups is 1. The maximum atomic E-state index is 13.6. The molecular weight excluding hydrogens is 341 g/mol. The average Bonchev–Trinajstić information content (AvgIpc) is 3.22. The van der Waals surface area contributed by atoms with Crippen LogP contribution < -0.4 is 10.6 Å². The summed E-state index contributed by atoms with van der Waals surface area (Å²) >= 11 is 0. The van der Waals surface area contributed by atoms with Crippen LogP contribution in [0.3, 0.4) is 0 Å². The van der Waals surface area contributed by atoms with Gasteiger partial charge in [0.05, 0.1) is 5.69 Å². The monoisotopic (exact) mass is 365 g/mol. The molecule has 0 aliphatic rings. The van der Waals surface area contributed by atoms with Gasteiger partial charge in [-0.05, 0) is 54.3 Å². The van der Waals surface area contributed by atoms with Crippen molar-refractivity contribution in [2.45, 2.75) is 19.9 Å². The van der Waals surface area contributed by atoms with Gasteiger partial charge in [-0.2, -0.15) is 5.10 Å². The van der Waals surface area contributed by atoms with Crippen LogP contribution in [0.25, 0.3) is 5.69 Å². The number of aliphatic imine (C=N–C) groups is 1. The van der Waals surface area contributed by atoms with Crippen LogP contribution in [0.4, 0.5) is 4.39 Å². The number of aryl methyl sites for hydroxylation is 1. The summed E-state index contributed by atoms with van der Waals surface area (Å²) in [5.41, 5.74) is 3.81. The van der Waals surface area contributed by atoms with Gasteiger partial charge in [-0.3, -0.25) is 4.99 Å². The highest BCUT2D eigenvalue weighted by molar-refractivity contribution is 5.79. The van der Waals surface area contributed by atoms with Crippen LogP contribution in [-0.4, -0.2) is 29.3 Å². The molecule has 3 aromatic rings. The normalized spacial score (nSPS) is 11.4. The summed E-state index contributed by atoms with van der Waals surface area (Å²) in [7, 11) is 1.73. The van der Waals surface area contributed by atoms with E-state index in [-0.39, 0.29) is 5.82 Å². The summed E-state index contributed by atoms with van der Waals surface area (Å²) in [4.78, 5) is 4.21.